The number of nitrogens with zero attached hydrogens (tertiary/aromatic N) is 5. The number of rotatable bonds is 7. The number of nitriles is 1. The van der Waals surface area contributed by atoms with Gasteiger partial charge in [-0.2, -0.15) is 15.5 Å². The molecule has 13 heteroatoms. The Bertz CT molecular complexity index is 1260. The topological polar surface area (TPSA) is 151 Å². The molecule has 3 N–H and O–H groups in total. The fraction of sp³-hybridized carbons (Fsp3) is 0.476. The van der Waals surface area contributed by atoms with Crippen LogP contribution in [0.3, 0.4) is 0 Å². The Hall–Kier alpha value is -3.76. The lowest BCUT2D eigenvalue weighted by Crippen LogP contribution is -2.39. The lowest BCUT2D eigenvalue weighted by Gasteiger charge is -2.17. The fourth-order valence-corrected chi connectivity index (χ4v) is 3.74. The smallest absolute Gasteiger partial charge is 0.408 e. The number of hydrogen-bond donors (Lipinski definition) is 3. The SMILES string of the molecule is COCc1cc2c(Nc3cc([C@H]4OC[C@@H](OC(=O)NC5(C)CC5)[C@@H]4F)[nH]n3)nc(C#N)cn2n1. The van der Waals surface area contributed by atoms with Crippen molar-refractivity contribution in [1.29, 1.82) is 5.26 Å². The fourth-order valence-electron chi connectivity index (χ4n) is 3.74. The van der Waals surface area contributed by atoms with Gasteiger partial charge >= 0.3 is 6.09 Å². The number of aromatic nitrogens is 5. The first-order valence-corrected chi connectivity index (χ1v) is 10.7. The zero-order chi connectivity index (χ0) is 23.9. The Kier molecular flexibility index (Phi) is 5.54. The quantitative estimate of drug-likeness (QED) is 0.472. The number of hydrogen-bond acceptors (Lipinski definition) is 9. The lowest BCUT2D eigenvalue weighted by atomic mass is 10.1. The largest absolute Gasteiger partial charge is 0.441 e. The standard InChI is InChI=1S/C21H23FN8O4/c1-21(3-4-21)26-20(31)34-15-10-33-18(17(15)22)13-6-16(28-27-13)25-19-14-5-11(9-32-2)29-30(14)8-12(7-23)24-19/h5-6,8,15,17-18H,3-4,9-10H2,1-2H3,(H,26,31)(H2,24,25,27,28)/t15-,17+,18-/m1/s1. The van der Waals surface area contributed by atoms with Crippen LogP contribution < -0.4 is 10.6 Å². The van der Waals surface area contributed by atoms with Crippen molar-refractivity contribution in [2.24, 2.45) is 0 Å². The first kappa shape index (κ1) is 22.1. The second-order valence-corrected chi connectivity index (χ2v) is 8.65. The van der Waals surface area contributed by atoms with Gasteiger partial charge in [0, 0.05) is 18.7 Å². The van der Waals surface area contributed by atoms with Gasteiger partial charge in [-0.25, -0.2) is 18.7 Å². The average Bonchev–Trinajstić information content (AvgIpc) is 3.14. The summed E-state index contributed by atoms with van der Waals surface area (Å²) >= 11 is 0. The van der Waals surface area contributed by atoms with Crippen LogP contribution in [-0.4, -0.2) is 62.4 Å². The summed E-state index contributed by atoms with van der Waals surface area (Å²) in [6, 6.07) is 5.35. The van der Waals surface area contributed by atoms with E-state index in [0.29, 0.717) is 35.1 Å². The number of alkyl carbamates (subject to hydrolysis) is 1. The molecule has 2 aliphatic rings. The van der Waals surface area contributed by atoms with Crippen LogP contribution in [0.5, 0.6) is 0 Å². The van der Waals surface area contributed by atoms with Crippen LogP contribution in [0, 0.1) is 11.3 Å². The number of aromatic amines is 1. The summed E-state index contributed by atoms with van der Waals surface area (Å²) in [6.07, 6.45) is -0.948. The van der Waals surface area contributed by atoms with E-state index < -0.39 is 24.5 Å². The molecule has 2 fully saturated rings. The van der Waals surface area contributed by atoms with E-state index >= 15 is 0 Å². The van der Waals surface area contributed by atoms with Gasteiger partial charge in [0.2, 0.25) is 0 Å². The minimum atomic E-state index is -1.57. The molecule has 4 heterocycles. The second kappa shape index (κ2) is 8.54. The zero-order valence-corrected chi connectivity index (χ0v) is 18.5. The van der Waals surface area contributed by atoms with E-state index in [-0.39, 0.29) is 17.8 Å². The Morgan fingerprint density at radius 2 is 2.29 bits per heavy atom. The molecule has 1 amide bonds. The predicted molar refractivity (Wildman–Crippen MR) is 115 cm³/mol. The molecular formula is C21H23FN8O4. The van der Waals surface area contributed by atoms with Crippen molar-refractivity contribution in [3.8, 4) is 6.07 Å². The maximum absolute atomic E-state index is 15.0. The molecule has 0 radical (unpaired) electrons. The second-order valence-electron chi connectivity index (χ2n) is 8.65. The normalized spacial score (nSPS) is 22.9. The Morgan fingerprint density at radius 3 is 3.03 bits per heavy atom. The summed E-state index contributed by atoms with van der Waals surface area (Å²) in [4.78, 5) is 16.3. The number of anilines is 2. The Balaban J connectivity index is 1.29. The third-order valence-electron chi connectivity index (χ3n) is 5.81. The summed E-state index contributed by atoms with van der Waals surface area (Å²) in [6.45, 7) is 2.14. The molecule has 0 spiro atoms. The average molecular weight is 470 g/mol. The molecule has 5 rings (SSSR count). The van der Waals surface area contributed by atoms with Gasteiger partial charge in [-0.3, -0.25) is 5.10 Å². The molecule has 1 saturated heterocycles. The highest BCUT2D eigenvalue weighted by Gasteiger charge is 2.44. The number of carbonyl (C=O) groups is 1. The third-order valence-corrected chi connectivity index (χ3v) is 5.81. The third kappa shape index (κ3) is 4.37. The van der Waals surface area contributed by atoms with Crippen LogP contribution in [-0.2, 0) is 20.8 Å². The maximum atomic E-state index is 15.0. The van der Waals surface area contributed by atoms with Gasteiger partial charge in [-0.05, 0) is 25.8 Å². The van der Waals surface area contributed by atoms with Crippen molar-refractivity contribution in [2.45, 2.75) is 50.3 Å². The summed E-state index contributed by atoms with van der Waals surface area (Å²) in [5, 5.41) is 26.4. The number of carbonyl (C=O) groups excluding carboxylic acids is 1. The minimum Gasteiger partial charge on any atom is -0.441 e. The van der Waals surface area contributed by atoms with Gasteiger partial charge in [0.1, 0.15) is 17.7 Å². The summed E-state index contributed by atoms with van der Waals surface area (Å²) < 4.78 is 32.4. The molecule has 3 aromatic rings. The van der Waals surface area contributed by atoms with E-state index in [1.54, 1.807) is 19.2 Å². The summed E-state index contributed by atoms with van der Waals surface area (Å²) in [5.41, 5.74) is 1.54. The number of H-pyrrole nitrogens is 1. The Morgan fingerprint density at radius 1 is 1.47 bits per heavy atom. The number of amides is 1. The van der Waals surface area contributed by atoms with Gasteiger partial charge in [0.15, 0.2) is 29.6 Å². The highest BCUT2D eigenvalue weighted by atomic mass is 19.1. The van der Waals surface area contributed by atoms with Crippen molar-refractivity contribution in [2.75, 3.05) is 19.0 Å². The van der Waals surface area contributed by atoms with Crippen molar-refractivity contribution in [3.05, 3.63) is 35.4 Å². The zero-order valence-electron chi connectivity index (χ0n) is 18.5. The molecule has 178 valence electrons. The van der Waals surface area contributed by atoms with E-state index in [2.05, 4.69) is 30.9 Å². The van der Waals surface area contributed by atoms with Crippen LogP contribution in [0.15, 0.2) is 18.3 Å². The molecular weight excluding hydrogens is 447 g/mol. The van der Waals surface area contributed by atoms with Crippen molar-refractivity contribution < 1.29 is 23.4 Å². The molecule has 34 heavy (non-hydrogen) atoms. The molecule has 0 unspecified atom stereocenters. The van der Waals surface area contributed by atoms with Crippen molar-refractivity contribution >= 4 is 23.2 Å². The van der Waals surface area contributed by atoms with Gasteiger partial charge in [-0.1, -0.05) is 0 Å². The predicted octanol–water partition coefficient (Wildman–Crippen LogP) is 2.27. The number of nitrogens with one attached hydrogen (secondary N) is 3. The molecule has 1 aliphatic carbocycles. The van der Waals surface area contributed by atoms with Crippen LogP contribution in [0.1, 0.15) is 43.0 Å². The number of alkyl halides is 1. The lowest BCUT2D eigenvalue weighted by molar-refractivity contribution is 0.0604. The van der Waals surface area contributed by atoms with Crippen LogP contribution in [0.2, 0.25) is 0 Å². The highest BCUT2D eigenvalue weighted by Crippen LogP contribution is 2.36. The van der Waals surface area contributed by atoms with E-state index in [1.807, 2.05) is 13.0 Å². The van der Waals surface area contributed by atoms with Crippen LogP contribution in [0.25, 0.3) is 5.52 Å². The molecule has 3 atom stereocenters. The van der Waals surface area contributed by atoms with Gasteiger partial charge in [-0.15, -0.1) is 0 Å². The molecule has 12 nitrogen and oxygen atoms in total. The van der Waals surface area contributed by atoms with E-state index in [9.17, 15) is 14.4 Å². The number of methoxy groups -OCH3 is 1. The van der Waals surface area contributed by atoms with E-state index in [1.165, 1.54) is 10.7 Å². The van der Waals surface area contributed by atoms with Gasteiger partial charge < -0.3 is 24.8 Å². The number of ether oxygens (including phenoxy) is 3. The van der Waals surface area contributed by atoms with E-state index in [4.69, 9.17) is 14.2 Å². The maximum Gasteiger partial charge on any atom is 0.408 e. The van der Waals surface area contributed by atoms with Crippen molar-refractivity contribution in [3.63, 3.8) is 0 Å². The van der Waals surface area contributed by atoms with Crippen LogP contribution in [0.4, 0.5) is 20.8 Å². The van der Waals surface area contributed by atoms with Crippen LogP contribution >= 0.6 is 0 Å². The molecule has 0 bridgehead atoms. The molecule has 1 saturated carbocycles. The highest BCUT2D eigenvalue weighted by molar-refractivity contribution is 5.73. The molecule has 0 aromatic carbocycles. The number of fused-ring (bicyclic) bond motifs is 1. The first-order valence-electron chi connectivity index (χ1n) is 10.7. The minimum absolute atomic E-state index is 0.0672. The first-order chi connectivity index (χ1) is 16.4. The van der Waals surface area contributed by atoms with E-state index in [0.717, 1.165) is 12.8 Å². The molecule has 3 aromatic heterocycles. The Labute approximate surface area is 193 Å². The monoisotopic (exact) mass is 470 g/mol. The van der Waals surface area contributed by atoms with Gasteiger partial charge in [0.05, 0.1) is 30.8 Å². The molecule has 1 aliphatic heterocycles. The van der Waals surface area contributed by atoms with Crippen molar-refractivity contribution in [1.82, 2.24) is 30.1 Å². The summed E-state index contributed by atoms with van der Waals surface area (Å²) in [5.74, 6) is 0.691. The van der Waals surface area contributed by atoms with Gasteiger partial charge in [0.25, 0.3) is 0 Å². The number of halogens is 1. The summed E-state index contributed by atoms with van der Waals surface area (Å²) in [7, 11) is 1.56.